The number of hydroxylamine groups is 1. The van der Waals surface area contributed by atoms with Crippen LogP contribution in [-0.4, -0.2) is 29.1 Å². The van der Waals surface area contributed by atoms with Crippen molar-refractivity contribution in [1.29, 1.82) is 0 Å². The highest BCUT2D eigenvalue weighted by Crippen LogP contribution is 2.25. The number of hydrogen-bond acceptors (Lipinski definition) is 5. The van der Waals surface area contributed by atoms with Gasteiger partial charge in [-0.05, 0) is 13.0 Å². The van der Waals surface area contributed by atoms with Crippen LogP contribution in [-0.2, 0) is 4.79 Å². The summed E-state index contributed by atoms with van der Waals surface area (Å²) < 4.78 is 5.15. The zero-order valence-electron chi connectivity index (χ0n) is 12.9. The number of hydrogen-bond donors (Lipinski definition) is 3. The molecule has 0 radical (unpaired) electrons. The predicted molar refractivity (Wildman–Crippen MR) is 76.1 cm³/mol. The quantitative estimate of drug-likeness (QED) is 0.576. The lowest BCUT2D eigenvalue weighted by atomic mass is 9.94. The second-order valence-electron chi connectivity index (χ2n) is 5.71. The molecule has 1 heterocycles. The first-order valence-electron chi connectivity index (χ1n) is 6.50. The zero-order chi connectivity index (χ0) is 16.2. The minimum absolute atomic E-state index is 0.130. The van der Waals surface area contributed by atoms with E-state index >= 15 is 0 Å². The molecule has 2 amide bonds. The number of methoxy groups -OCH3 is 1. The largest absolute Gasteiger partial charge is 0.481 e. The van der Waals surface area contributed by atoms with Crippen LogP contribution in [0.4, 0.5) is 0 Å². The van der Waals surface area contributed by atoms with Crippen LogP contribution in [0.25, 0.3) is 0 Å². The van der Waals surface area contributed by atoms with Crippen molar-refractivity contribution in [2.45, 2.75) is 33.7 Å². The predicted octanol–water partition coefficient (Wildman–Crippen LogP) is 1.43. The maximum Gasteiger partial charge on any atom is 0.276 e. The van der Waals surface area contributed by atoms with E-state index in [1.165, 1.54) is 19.4 Å². The molecule has 0 aliphatic heterocycles. The van der Waals surface area contributed by atoms with Gasteiger partial charge in [0.2, 0.25) is 11.8 Å². The van der Waals surface area contributed by atoms with Gasteiger partial charge in [0, 0.05) is 17.2 Å². The summed E-state index contributed by atoms with van der Waals surface area (Å²) in [5, 5.41) is 11.5. The first-order valence-corrected chi connectivity index (χ1v) is 6.50. The minimum atomic E-state index is -0.680. The monoisotopic (exact) mass is 295 g/mol. The molecule has 0 unspecified atom stereocenters. The van der Waals surface area contributed by atoms with Crippen LogP contribution in [0.15, 0.2) is 12.3 Å². The fourth-order valence-corrected chi connectivity index (χ4v) is 1.63. The molecule has 0 aliphatic carbocycles. The van der Waals surface area contributed by atoms with Crippen molar-refractivity contribution in [3.05, 3.63) is 23.4 Å². The molecule has 0 spiro atoms. The molecule has 0 bridgehead atoms. The first-order chi connectivity index (χ1) is 9.70. The molecule has 0 aliphatic rings. The van der Waals surface area contributed by atoms with Gasteiger partial charge in [-0.3, -0.25) is 14.8 Å². The summed E-state index contributed by atoms with van der Waals surface area (Å²) in [6.07, 6.45) is 1.28. The van der Waals surface area contributed by atoms with E-state index in [9.17, 15) is 9.59 Å². The molecule has 0 fully saturated rings. The van der Waals surface area contributed by atoms with Crippen LogP contribution in [0.3, 0.4) is 0 Å². The van der Waals surface area contributed by atoms with E-state index in [0.717, 1.165) is 0 Å². The van der Waals surface area contributed by atoms with Crippen molar-refractivity contribution in [2.24, 2.45) is 5.41 Å². The van der Waals surface area contributed by atoms with Gasteiger partial charge >= 0.3 is 0 Å². The highest BCUT2D eigenvalue weighted by atomic mass is 16.5. The molecule has 1 aromatic heterocycles. The lowest BCUT2D eigenvalue weighted by Gasteiger charge is -2.23. The maximum atomic E-state index is 12.0. The minimum Gasteiger partial charge on any atom is -0.481 e. The summed E-state index contributed by atoms with van der Waals surface area (Å²) in [6.45, 7) is 7.18. The molecule has 1 rings (SSSR count). The summed E-state index contributed by atoms with van der Waals surface area (Å²) in [5.74, 6) is -0.499. The van der Waals surface area contributed by atoms with Crippen molar-refractivity contribution in [2.75, 3.05) is 7.11 Å². The van der Waals surface area contributed by atoms with Crippen LogP contribution in [0.5, 0.6) is 5.88 Å². The Balaban J connectivity index is 3.09. The van der Waals surface area contributed by atoms with Gasteiger partial charge in [0.1, 0.15) is 0 Å². The fraction of sp³-hybridized carbons (Fsp3) is 0.500. The Morgan fingerprint density at radius 1 is 1.38 bits per heavy atom. The van der Waals surface area contributed by atoms with E-state index in [4.69, 9.17) is 9.94 Å². The third-order valence-corrected chi connectivity index (χ3v) is 2.93. The van der Waals surface area contributed by atoms with E-state index in [0.29, 0.717) is 11.4 Å². The number of rotatable bonds is 4. The van der Waals surface area contributed by atoms with Crippen LogP contribution in [0.1, 0.15) is 49.7 Å². The second kappa shape index (κ2) is 6.53. The number of amides is 2. The van der Waals surface area contributed by atoms with Gasteiger partial charge < -0.3 is 10.1 Å². The van der Waals surface area contributed by atoms with Gasteiger partial charge in [-0.15, -0.1) is 0 Å². The zero-order valence-corrected chi connectivity index (χ0v) is 12.9. The molecule has 21 heavy (non-hydrogen) atoms. The normalized spacial score (nSPS) is 12.5. The molecule has 1 atom stereocenters. The third-order valence-electron chi connectivity index (χ3n) is 2.93. The van der Waals surface area contributed by atoms with Gasteiger partial charge in [0.15, 0.2) is 0 Å². The molecule has 1 aromatic rings. The van der Waals surface area contributed by atoms with Crippen molar-refractivity contribution >= 4 is 11.8 Å². The number of nitrogens with zero attached hydrogens (tertiary/aromatic N) is 1. The van der Waals surface area contributed by atoms with Crippen LogP contribution < -0.4 is 15.5 Å². The Bertz CT molecular complexity index is 538. The van der Waals surface area contributed by atoms with Gasteiger partial charge in [0.25, 0.3) is 5.91 Å². The van der Waals surface area contributed by atoms with Crippen molar-refractivity contribution < 1.29 is 19.5 Å². The number of nitrogens with one attached hydrogen (secondary N) is 2. The second-order valence-corrected chi connectivity index (χ2v) is 5.71. The SMILES string of the molecule is COc1ncc(C(=O)NO)cc1[C@H](C)NC(=O)C(C)(C)C. The lowest BCUT2D eigenvalue weighted by molar-refractivity contribution is -0.129. The van der Waals surface area contributed by atoms with Gasteiger partial charge in [-0.1, -0.05) is 20.8 Å². The summed E-state index contributed by atoms with van der Waals surface area (Å²) in [5.41, 5.74) is 1.73. The summed E-state index contributed by atoms with van der Waals surface area (Å²) in [4.78, 5) is 27.5. The number of pyridine rings is 1. The molecule has 7 nitrogen and oxygen atoms in total. The van der Waals surface area contributed by atoms with Gasteiger partial charge in [0.05, 0.1) is 18.7 Å². The Kier molecular flexibility index (Phi) is 5.26. The number of carbonyl (C=O) groups is 2. The van der Waals surface area contributed by atoms with Crippen molar-refractivity contribution in [3.8, 4) is 5.88 Å². The lowest BCUT2D eigenvalue weighted by Crippen LogP contribution is -2.36. The number of carbonyl (C=O) groups excluding carboxylic acids is 2. The van der Waals surface area contributed by atoms with Crippen LogP contribution >= 0.6 is 0 Å². The Hall–Kier alpha value is -2.15. The molecule has 7 heteroatoms. The standard InChI is InChI=1S/C14H21N3O4/c1-8(16-13(19)14(2,3)4)10-6-9(11(18)17-20)7-15-12(10)21-5/h6-8,20H,1-5H3,(H,16,19)(H,17,18)/t8-/m0/s1. The Labute approximate surface area is 123 Å². The molecule has 0 saturated carbocycles. The Morgan fingerprint density at radius 3 is 2.48 bits per heavy atom. The first kappa shape index (κ1) is 16.9. The molecular weight excluding hydrogens is 274 g/mol. The third kappa shape index (κ3) is 4.16. The highest BCUT2D eigenvalue weighted by molar-refractivity contribution is 5.93. The van der Waals surface area contributed by atoms with E-state index in [-0.39, 0.29) is 11.5 Å². The number of aromatic nitrogens is 1. The van der Waals surface area contributed by atoms with E-state index in [1.54, 1.807) is 33.2 Å². The summed E-state index contributed by atoms with van der Waals surface area (Å²) in [6, 6.07) is 1.12. The van der Waals surface area contributed by atoms with E-state index in [2.05, 4.69) is 10.3 Å². The van der Waals surface area contributed by atoms with Gasteiger partial charge in [-0.25, -0.2) is 10.5 Å². The molecular formula is C14H21N3O4. The molecule has 3 N–H and O–H groups in total. The average Bonchev–Trinajstić information content (AvgIpc) is 2.44. The van der Waals surface area contributed by atoms with Crippen LogP contribution in [0.2, 0.25) is 0 Å². The Morgan fingerprint density at radius 2 is 2.00 bits per heavy atom. The van der Waals surface area contributed by atoms with Gasteiger partial charge in [-0.2, -0.15) is 0 Å². The average molecular weight is 295 g/mol. The maximum absolute atomic E-state index is 12.0. The van der Waals surface area contributed by atoms with E-state index in [1.807, 2.05) is 0 Å². The molecule has 0 saturated heterocycles. The number of ether oxygens (including phenoxy) is 1. The topological polar surface area (TPSA) is 101 Å². The smallest absolute Gasteiger partial charge is 0.276 e. The highest BCUT2D eigenvalue weighted by Gasteiger charge is 2.25. The molecule has 116 valence electrons. The summed E-state index contributed by atoms with van der Waals surface area (Å²) in [7, 11) is 1.45. The van der Waals surface area contributed by atoms with E-state index < -0.39 is 17.4 Å². The summed E-state index contributed by atoms with van der Waals surface area (Å²) >= 11 is 0. The fourth-order valence-electron chi connectivity index (χ4n) is 1.63. The molecule has 0 aromatic carbocycles. The van der Waals surface area contributed by atoms with Crippen molar-refractivity contribution in [3.63, 3.8) is 0 Å². The van der Waals surface area contributed by atoms with Crippen LogP contribution in [0, 0.1) is 5.41 Å². The van der Waals surface area contributed by atoms with Crippen molar-refractivity contribution in [1.82, 2.24) is 15.8 Å².